The predicted molar refractivity (Wildman–Crippen MR) is 126 cm³/mol. The summed E-state index contributed by atoms with van der Waals surface area (Å²) in [4.78, 5) is 12.9. The molecule has 1 aliphatic rings. The number of nitrogens with one attached hydrogen (secondary N) is 1. The van der Waals surface area contributed by atoms with Crippen LogP contribution in [0.4, 0.5) is 11.4 Å². The Morgan fingerprint density at radius 1 is 0.970 bits per heavy atom. The first-order valence-electron chi connectivity index (χ1n) is 10.5. The summed E-state index contributed by atoms with van der Waals surface area (Å²) in [5.41, 5.74) is 0.757. The number of ether oxygens (including phenoxy) is 3. The molecule has 0 unspecified atom stereocenters. The van der Waals surface area contributed by atoms with E-state index in [9.17, 15) is 13.2 Å². The lowest BCUT2D eigenvalue weighted by molar-refractivity contribution is -0.114. The van der Waals surface area contributed by atoms with Gasteiger partial charge in [-0.25, -0.2) is 8.42 Å². The van der Waals surface area contributed by atoms with Crippen molar-refractivity contribution in [1.29, 1.82) is 0 Å². The van der Waals surface area contributed by atoms with Gasteiger partial charge in [0.25, 0.3) is 0 Å². The van der Waals surface area contributed by atoms with Crippen molar-refractivity contribution in [2.45, 2.75) is 6.92 Å². The van der Waals surface area contributed by atoms with Gasteiger partial charge in [-0.15, -0.1) is 0 Å². The number of amides is 1. The lowest BCUT2D eigenvalue weighted by Gasteiger charge is -2.25. The zero-order chi connectivity index (χ0) is 23.3. The Morgan fingerprint density at radius 3 is 2.42 bits per heavy atom. The van der Waals surface area contributed by atoms with Gasteiger partial charge in [0.05, 0.1) is 17.1 Å². The van der Waals surface area contributed by atoms with Crippen LogP contribution in [0.3, 0.4) is 0 Å². The highest BCUT2D eigenvalue weighted by molar-refractivity contribution is 7.92. The minimum atomic E-state index is -3.74. The third-order valence-electron chi connectivity index (χ3n) is 4.93. The largest absolute Gasteiger partial charge is 0.486 e. The maximum absolute atomic E-state index is 12.9. The fourth-order valence-electron chi connectivity index (χ4n) is 3.29. The molecule has 0 atom stereocenters. The Kier molecular flexibility index (Phi) is 6.69. The van der Waals surface area contributed by atoms with Crippen molar-refractivity contribution in [3.8, 4) is 23.0 Å². The molecule has 1 amide bonds. The number of nitrogens with zero attached hydrogens (tertiary/aromatic N) is 1. The Labute approximate surface area is 192 Å². The van der Waals surface area contributed by atoms with Crippen LogP contribution in [0.5, 0.6) is 23.0 Å². The van der Waals surface area contributed by atoms with Crippen molar-refractivity contribution in [2.75, 3.05) is 35.1 Å². The maximum atomic E-state index is 12.9. The molecular formula is C24H24N2O6S. The standard InChI is InChI=1S/C24H24N2O6S/c1-2-33(28,29)26(18-12-13-22-23(16-18)31-15-14-30-22)17-24(27)25-20-10-6-7-11-21(20)32-19-8-4-3-5-9-19/h3-13,16H,2,14-15,17H2,1H3,(H,25,27). The highest BCUT2D eigenvalue weighted by Gasteiger charge is 2.26. The zero-order valence-corrected chi connectivity index (χ0v) is 18.9. The first-order chi connectivity index (χ1) is 16.0. The maximum Gasteiger partial charge on any atom is 0.245 e. The molecule has 4 rings (SSSR count). The van der Waals surface area contributed by atoms with E-state index < -0.39 is 22.5 Å². The van der Waals surface area contributed by atoms with E-state index in [2.05, 4.69) is 5.32 Å². The first-order valence-corrected chi connectivity index (χ1v) is 12.1. The van der Waals surface area contributed by atoms with Crippen LogP contribution in [0.25, 0.3) is 0 Å². The van der Waals surface area contributed by atoms with Gasteiger partial charge in [0.15, 0.2) is 17.2 Å². The molecule has 172 valence electrons. The van der Waals surface area contributed by atoms with Gasteiger partial charge < -0.3 is 19.5 Å². The van der Waals surface area contributed by atoms with E-state index in [0.717, 1.165) is 4.31 Å². The number of fused-ring (bicyclic) bond motifs is 1. The third kappa shape index (κ3) is 5.38. The van der Waals surface area contributed by atoms with Crippen molar-refractivity contribution in [3.63, 3.8) is 0 Å². The summed E-state index contributed by atoms with van der Waals surface area (Å²) in [6.45, 7) is 1.92. The number of benzene rings is 3. The van der Waals surface area contributed by atoms with Gasteiger partial charge in [0, 0.05) is 6.07 Å². The molecule has 1 heterocycles. The number of hydrogen-bond donors (Lipinski definition) is 1. The lowest BCUT2D eigenvalue weighted by atomic mass is 10.2. The summed E-state index contributed by atoms with van der Waals surface area (Å²) in [6, 6.07) is 20.9. The van der Waals surface area contributed by atoms with E-state index in [4.69, 9.17) is 14.2 Å². The zero-order valence-electron chi connectivity index (χ0n) is 18.1. The Bertz CT molecular complexity index is 1230. The summed E-state index contributed by atoms with van der Waals surface area (Å²) in [5.74, 6) is 1.37. The fourth-order valence-corrected chi connectivity index (χ4v) is 4.35. The van der Waals surface area contributed by atoms with Crippen molar-refractivity contribution in [1.82, 2.24) is 0 Å². The Hall–Kier alpha value is -3.72. The van der Waals surface area contributed by atoms with Gasteiger partial charge in [0.1, 0.15) is 25.5 Å². The number of anilines is 2. The van der Waals surface area contributed by atoms with Crippen LogP contribution >= 0.6 is 0 Å². The van der Waals surface area contributed by atoms with Gasteiger partial charge in [-0.1, -0.05) is 30.3 Å². The highest BCUT2D eigenvalue weighted by Crippen LogP contribution is 2.35. The van der Waals surface area contributed by atoms with E-state index >= 15 is 0 Å². The van der Waals surface area contributed by atoms with E-state index in [0.29, 0.717) is 47.6 Å². The van der Waals surface area contributed by atoms with Crippen molar-refractivity contribution >= 4 is 27.3 Å². The van der Waals surface area contributed by atoms with Gasteiger partial charge >= 0.3 is 0 Å². The van der Waals surface area contributed by atoms with Gasteiger partial charge in [-0.05, 0) is 43.3 Å². The second-order valence-electron chi connectivity index (χ2n) is 7.19. The molecular weight excluding hydrogens is 444 g/mol. The molecule has 0 fully saturated rings. The van der Waals surface area contributed by atoms with Crippen LogP contribution in [0.1, 0.15) is 6.92 Å². The number of rotatable bonds is 8. The molecule has 33 heavy (non-hydrogen) atoms. The predicted octanol–water partition coefficient (Wildman–Crippen LogP) is 4.04. The minimum Gasteiger partial charge on any atom is -0.486 e. The van der Waals surface area contributed by atoms with Crippen molar-refractivity contribution in [3.05, 3.63) is 72.8 Å². The normalized spacial score (nSPS) is 12.6. The second kappa shape index (κ2) is 9.83. The Balaban J connectivity index is 1.55. The van der Waals surface area contributed by atoms with Crippen LogP contribution in [0.2, 0.25) is 0 Å². The fraction of sp³-hybridized carbons (Fsp3) is 0.208. The molecule has 0 radical (unpaired) electrons. The van der Waals surface area contributed by atoms with Crippen LogP contribution in [-0.4, -0.2) is 39.8 Å². The molecule has 3 aromatic rings. The topological polar surface area (TPSA) is 94.2 Å². The molecule has 3 aromatic carbocycles. The number of carbonyl (C=O) groups is 1. The minimum absolute atomic E-state index is 0.164. The molecule has 1 aliphatic heterocycles. The van der Waals surface area contributed by atoms with Crippen LogP contribution in [-0.2, 0) is 14.8 Å². The van der Waals surface area contributed by atoms with Crippen LogP contribution in [0.15, 0.2) is 72.8 Å². The van der Waals surface area contributed by atoms with E-state index in [1.54, 1.807) is 54.6 Å². The van der Waals surface area contributed by atoms with E-state index in [1.807, 2.05) is 18.2 Å². The SMILES string of the molecule is CCS(=O)(=O)N(CC(=O)Nc1ccccc1Oc1ccccc1)c1ccc2c(c1)OCCO2. The third-order valence-corrected chi connectivity index (χ3v) is 6.67. The second-order valence-corrected chi connectivity index (χ2v) is 9.38. The van der Waals surface area contributed by atoms with Gasteiger partial charge in [-0.3, -0.25) is 9.10 Å². The molecule has 1 N–H and O–H groups in total. The van der Waals surface area contributed by atoms with Crippen molar-refractivity contribution in [2.24, 2.45) is 0 Å². The van der Waals surface area contributed by atoms with Crippen molar-refractivity contribution < 1.29 is 27.4 Å². The van der Waals surface area contributed by atoms with Crippen LogP contribution < -0.4 is 23.8 Å². The average molecular weight is 469 g/mol. The molecule has 0 aromatic heterocycles. The molecule has 9 heteroatoms. The molecule has 0 saturated carbocycles. The van der Waals surface area contributed by atoms with E-state index in [1.165, 1.54) is 6.92 Å². The summed E-state index contributed by atoms with van der Waals surface area (Å²) >= 11 is 0. The highest BCUT2D eigenvalue weighted by atomic mass is 32.2. The number of carbonyl (C=O) groups excluding carboxylic acids is 1. The summed E-state index contributed by atoms with van der Waals surface area (Å²) in [6.07, 6.45) is 0. The van der Waals surface area contributed by atoms with Gasteiger partial charge in [0.2, 0.25) is 15.9 Å². The average Bonchev–Trinajstić information content (AvgIpc) is 2.84. The Morgan fingerprint density at radius 2 is 1.67 bits per heavy atom. The van der Waals surface area contributed by atoms with E-state index in [-0.39, 0.29) is 5.75 Å². The number of para-hydroxylation sites is 3. The summed E-state index contributed by atoms with van der Waals surface area (Å²) < 4.78 is 43.6. The quantitative estimate of drug-likeness (QED) is 0.536. The molecule has 8 nitrogen and oxygen atoms in total. The summed E-state index contributed by atoms with van der Waals surface area (Å²) in [7, 11) is -3.74. The molecule has 0 spiro atoms. The molecule has 0 saturated heterocycles. The molecule has 0 bridgehead atoms. The molecule has 0 aliphatic carbocycles. The number of sulfonamides is 1. The smallest absolute Gasteiger partial charge is 0.245 e. The monoisotopic (exact) mass is 468 g/mol. The number of hydrogen-bond acceptors (Lipinski definition) is 6. The van der Waals surface area contributed by atoms with Gasteiger partial charge in [-0.2, -0.15) is 0 Å². The first kappa shape index (κ1) is 22.5. The summed E-state index contributed by atoms with van der Waals surface area (Å²) in [5, 5.41) is 2.76. The lowest BCUT2D eigenvalue weighted by Crippen LogP contribution is -2.39. The van der Waals surface area contributed by atoms with Crippen LogP contribution in [0, 0.1) is 0 Å².